The molecule has 0 spiro atoms. The van der Waals surface area contributed by atoms with E-state index in [0.717, 1.165) is 25.9 Å². The third kappa shape index (κ3) is 4.44. The molecule has 1 heterocycles. The molecule has 1 saturated carbocycles. The van der Waals surface area contributed by atoms with Crippen LogP contribution in [0.3, 0.4) is 0 Å². The zero-order valence-corrected chi connectivity index (χ0v) is 12.4. The van der Waals surface area contributed by atoms with E-state index < -0.39 is 0 Å². The quantitative estimate of drug-likeness (QED) is 0.843. The molecule has 0 bridgehead atoms. The van der Waals surface area contributed by atoms with Crippen LogP contribution in [0.5, 0.6) is 0 Å². The first-order chi connectivity index (χ1) is 9.19. The van der Waals surface area contributed by atoms with Gasteiger partial charge in [-0.15, -0.1) is 0 Å². The van der Waals surface area contributed by atoms with Gasteiger partial charge in [0.1, 0.15) is 5.15 Å². The average molecular weight is 282 g/mol. The van der Waals surface area contributed by atoms with E-state index in [4.69, 9.17) is 17.3 Å². The Balaban J connectivity index is 1.99. The van der Waals surface area contributed by atoms with Crippen LogP contribution in [0, 0.1) is 0 Å². The summed E-state index contributed by atoms with van der Waals surface area (Å²) in [4.78, 5) is 6.63. The van der Waals surface area contributed by atoms with Crippen molar-refractivity contribution in [2.45, 2.75) is 57.7 Å². The van der Waals surface area contributed by atoms with Crippen LogP contribution in [0.1, 0.15) is 44.6 Å². The molecule has 0 radical (unpaired) electrons. The predicted molar refractivity (Wildman–Crippen MR) is 80.2 cm³/mol. The molecule has 0 saturated heterocycles. The van der Waals surface area contributed by atoms with E-state index in [1.54, 1.807) is 6.20 Å². The summed E-state index contributed by atoms with van der Waals surface area (Å²) in [5, 5.41) is 0.583. The van der Waals surface area contributed by atoms with Crippen molar-refractivity contribution in [3.8, 4) is 0 Å². The Morgan fingerprint density at radius 2 is 2.11 bits per heavy atom. The van der Waals surface area contributed by atoms with Crippen molar-refractivity contribution in [2.75, 3.05) is 6.54 Å². The van der Waals surface area contributed by atoms with E-state index in [1.807, 2.05) is 6.07 Å². The Kier molecular flexibility index (Phi) is 5.61. The van der Waals surface area contributed by atoms with Gasteiger partial charge in [0.15, 0.2) is 0 Å². The maximum Gasteiger partial charge on any atom is 0.129 e. The average Bonchev–Trinajstić information content (AvgIpc) is 2.39. The van der Waals surface area contributed by atoms with E-state index in [-0.39, 0.29) is 0 Å². The van der Waals surface area contributed by atoms with Crippen LogP contribution in [-0.2, 0) is 6.54 Å². The number of hydrogen-bond acceptors (Lipinski definition) is 3. The number of aromatic nitrogens is 1. The molecule has 2 rings (SSSR count). The summed E-state index contributed by atoms with van der Waals surface area (Å²) in [5.74, 6) is 0. The second kappa shape index (κ2) is 7.22. The van der Waals surface area contributed by atoms with E-state index in [0.29, 0.717) is 17.2 Å². The first-order valence-corrected chi connectivity index (χ1v) is 7.67. The van der Waals surface area contributed by atoms with Gasteiger partial charge < -0.3 is 5.73 Å². The molecule has 3 nitrogen and oxygen atoms in total. The van der Waals surface area contributed by atoms with Crippen LogP contribution < -0.4 is 5.73 Å². The first-order valence-electron chi connectivity index (χ1n) is 7.29. The zero-order chi connectivity index (χ0) is 13.7. The van der Waals surface area contributed by atoms with Crippen molar-refractivity contribution in [3.05, 3.63) is 29.0 Å². The highest BCUT2D eigenvalue weighted by Gasteiger charge is 2.23. The smallest absolute Gasteiger partial charge is 0.129 e. The van der Waals surface area contributed by atoms with Gasteiger partial charge in [-0.3, -0.25) is 4.90 Å². The van der Waals surface area contributed by atoms with E-state index in [1.165, 1.54) is 24.8 Å². The second-order valence-electron chi connectivity index (χ2n) is 5.53. The van der Waals surface area contributed by atoms with Gasteiger partial charge in [-0.05, 0) is 56.3 Å². The van der Waals surface area contributed by atoms with Crippen LogP contribution >= 0.6 is 11.6 Å². The Morgan fingerprint density at radius 1 is 1.37 bits per heavy atom. The summed E-state index contributed by atoms with van der Waals surface area (Å²) in [5.41, 5.74) is 7.25. The Morgan fingerprint density at radius 3 is 2.74 bits per heavy atom. The summed E-state index contributed by atoms with van der Waals surface area (Å²) >= 11 is 5.96. The minimum absolute atomic E-state index is 0.412. The van der Waals surface area contributed by atoms with Crippen molar-refractivity contribution in [3.63, 3.8) is 0 Å². The standard InChI is InChI=1S/C15H24ClN3/c1-2-9-19(14-5-3-13(17)4-6-14)11-12-7-8-18-15(16)10-12/h7-8,10,13-14H,2-6,9,11,17H2,1H3. The lowest BCUT2D eigenvalue weighted by molar-refractivity contribution is 0.142. The number of nitrogens with two attached hydrogens (primary N) is 1. The van der Waals surface area contributed by atoms with Gasteiger partial charge in [-0.2, -0.15) is 0 Å². The van der Waals surface area contributed by atoms with Gasteiger partial charge in [0.05, 0.1) is 0 Å². The summed E-state index contributed by atoms with van der Waals surface area (Å²) in [6.07, 6.45) is 7.73. The molecule has 1 aromatic heterocycles. The van der Waals surface area contributed by atoms with Gasteiger partial charge >= 0.3 is 0 Å². The summed E-state index contributed by atoms with van der Waals surface area (Å²) < 4.78 is 0. The normalized spacial score (nSPS) is 23.8. The van der Waals surface area contributed by atoms with Crippen LogP contribution in [0.4, 0.5) is 0 Å². The summed E-state index contributed by atoms with van der Waals surface area (Å²) in [6.45, 7) is 4.34. The molecular formula is C15H24ClN3. The highest BCUT2D eigenvalue weighted by Crippen LogP contribution is 2.24. The molecule has 106 valence electrons. The van der Waals surface area contributed by atoms with Crippen molar-refractivity contribution < 1.29 is 0 Å². The van der Waals surface area contributed by atoms with Crippen LogP contribution in [-0.4, -0.2) is 28.5 Å². The van der Waals surface area contributed by atoms with Crippen molar-refractivity contribution in [2.24, 2.45) is 5.73 Å². The monoisotopic (exact) mass is 281 g/mol. The summed E-state index contributed by atoms with van der Waals surface area (Å²) in [6, 6.07) is 5.11. The Labute approximate surface area is 121 Å². The molecule has 0 unspecified atom stereocenters. The Bertz CT molecular complexity index is 389. The third-order valence-electron chi connectivity index (χ3n) is 3.95. The first kappa shape index (κ1) is 14.8. The van der Waals surface area contributed by atoms with Gasteiger partial charge in [-0.1, -0.05) is 18.5 Å². The molecule has 1 aromatic rings. The lowest BCUT2D eigenvalue weighted by Crippen LogP contribution is -2.40. The Hall–Kier alpha value is -0.640. The number of hydrogen-bond donors (Lipinski definition) is 1. The fourth-order valence-electron chi connectivity index (χ4n) is 2.92. The predicted octanol–water partition coefficient (Wildman–Crippen LogP) is 3.22. The van der Waals surface area contributed by atoms with E-state index in [9.17, 15) is 0 Å². The van der Waals surface area contributed by atoms with Crippen LogP contribution in [0.25, 0.3) is 0 Å². The minimum Gasteiger partial charge on any atom is -0.328 e. The highest BCUT2D eigenvalue weighted by atomic mass is 35.5. The molecule has 1 aliphatic rings. The second-order valence-corrected chi connectivity index (χ2v) is 5.91. The van der Waals surface area contributed by atoms with Crippen LogP contribution in [0.15, 0.2) is 18.3 Å². The van der Waals surface area contributed by atoms with Crippen LogP contribution in [0.2, 0.25) is 5.15 Å². The molecule has 1 aliphatic carbocycles. The summed E-state index contributed by atoms with van der Waals surface area (Å²) in [7, 11) is 0. The van der Waals surface area contributed by atoms with Gasteiger partial charge in [-0.25, -0.2) is 4.98 Å². The van der Waals surface area contributed by atoms with Gasteiger partial charge in [0.25, 0.3) is 0 Å². The highest BCUT2D eigenvalue weighted by molar-refractivity contribution is 6.29. The molecule has 1 fully saturated rings. The zero-order valence-electron chi connectivity index (χ0n) is 11.7. The molecule has 0 amide bonds. The van der Waals surface area contributed by atoms with Crippen molar-refractivity contribution >= 4 is 11.6 Å². The molecule has 19 heavy (non-hydrogen) atoms. The van der Waals surface area contributed by atoms with Crippen molar-refractivity contribution in [1.29, 1.82) is 0 Å². The molecule has 4 heteroatoms. The number of pyridine rings is 1. The van der Waals surface area contributed by atoms with E-state index in [2.05, 4.69) is 22.9 Å². The third-order valence-corrected chi connectivity index (χ3v) is 4.15. The van der Waals surface area contributed by atoms with Gasteiger partial charge in [0, 0.05) is 24.8 Å². The molecule has 2 N–H and O–H groups in total. The fraction of sp³-hybridized carbons (Fsp3) is 0.667. The SMILES string of the molecule is CCCN(Cc1ccnc(Cl)c1)C1CCC(N)CC1. The molecular weight excluding hydrogens is 258 g/mol. The molecule has 0 atom stereocenters. The maximum absolute atomic E-state index is 6.00. The van der Waals surface area contributed by atoms with Crippen molar-refractivity contribution in [1.82, 2.24) is 9.88 Å². The van der Waals surface area contributed by atoms with Gasteiger partial charge in [0.2, 0.25) is 0 Å². The minimum atomic E-state index is 0.412. The maximum atomic E-state index is 6.00. The fourth-order valence-corrected chi connectivity index (χ4v) is 3.12. The van der Waals surface area contributed by atoms with E-state index >= 15 is 0 Å². The number of rotatable bonds is 5. The number of halogens is 1. The topological polar surface area (TPSA) is 42.2 Å². The lowest BCUT2D eigenvalue weighted by Gasteiger charge is -2.36. The number of nitrogens with zero attached hydrogens (tertiary/aromatic N) is 2. The largest absolute Gasteiger partial charge is 0.328 e. The lowest BCUT2D eigenvalue weighted by atomic mass is 9.90. The molecule has 0 aromatic carbocycles. The molecule has 0 aliphatic heterocycles.